The normalized spacial score (nSPS) is 16.5. The lowest BCUT2D eigenvalue weighted by Crippen LogP contribution is -2.52. The van der Waals surface area contributed by atoms with Crippen molar-refractivity contribution in [2.75, 3.05) is 7.05 Å². The predicted molar refractivity (Wildman–Crippen MR) is 122 cm³/mol. The van der Waals surface area contributed by atoms with Gasteiger partial charge in [0, 0.05) is 56.3 Å². The highest BCUT2D eigenvalue weighted by Crippen LogP contribution is 2.29. The first-order chi connectivity index (χ1) is 15.0. The van der Waals surface area contributed by atoms with E-state index >= 15 is 0 Å². The molecule has 1 N–H and O–H groups in total. The standard InChI is InChI=1S/C25H26ClN3O2/c1-27-25(31)23-14-19-6-2-3-7-20(19)17-29(23)24(30)15-21(16-28-12-4-5-13-28)18-8-10-22(26)11-9-18/h2-13,21,23H,14-17H2,1H3,(H,27,31)/t21-,23-/m1/s1. The van der Waals surface area contributed by atoms with Gasteiger partial charge in [0.25, 0.3) is 0 Å². The molecule has 2 heterocycles. The minimum Gasteiger partial charge on any atom is -0.357 e. The molecule has 0 fully saturated rings. The summed E-state index contributed by atoms with van der Waals surface area (Å²) in [5.41, 5.74) is 3.28. The second-order valence-electron chi connectivity index (χ2n) is 7.96. The Kier molecular flexibility index (Phi) is 6.42. The summed E-state index contributed by atoms with van der Waals surface area (Å²) in [7, 11) is 1.62. The van der Waals surface area contributed by atoms with Crippen molar-refractivity contribution in [1.82, 2.24) is 14.8 Å². The Bertz CT molecular complexity index is 1050. The summed E-state index contributed by atoms with van der Waals surface area (Å²) in [5, 5.41) is 3.39. The number of aromatic nitrogens is 1. The van der Waals surface area contributed by atoms with Gasteiger partial charge in [-0.05, 0) is 41.0 Å². The van der Waals surface area contributed by atoms with Crippen LogP contribution in [-0.4, -0.2) is 34.4 Å². The third kappa shape index (κ3) is 4.83. The maximum atomic E-state index is 13.5. The maximum Gasteiger partial charge on any atom is 0.242 e. The van der Waals surface area contributed by atoms with E-state index in [4.69, 9.17) is 11.6 Å². The molecule has 0 unspecified atom stereocenters. The topological polar surface area (TPSA) is 54.3 Å². The van der Waals surface area contributed by atoms with E-state index < -0.39 is 6.04 Å². The second-order valence-corrected chi connectivity index (χ2v) is 8.39. The number of nitrogens with one attached hydrogen (secondary N) is 1. The molecule has 1 aliphatic heterocycles. The van der Waals surface area contributed by atoms with Crippen molar-refractivity contribution in [3.63, 3.8) is 0 Å². The lowest BCUT2D eigenvalue weighted by molar-refractivity contribution is -0.142. The predicted octanol–water partition coefficient (Wildman–Crippen LogP) is 4.01. The minimum absolute atomic E-state index is 0.0183. The Morgan fingerprint density at radius 1 is 1.03 bits per heavy atom. The Labute approximate surface area is 187 Å². The van der Waals surface area contributed by atoms with Crippen molar-refractivity contribution >= 4 is 23.4 Å². The fourth-order valence-electron chi connectivity index (χ4n) is 4.28. The molecule has 6 heteroatoms. The van der Waals surface area contributed by atoms with Crippen LogP contribution in [0.4, 0.5) is 0 Å². The molecule has 0 radical (unpaired) electrons. The molecule has 2 atom stereocenters. The third-order valence-electron chi connectivity index (χ3n) is 5.98. The number of benzene rings is 2. The first kappa shape index (κ1) is 21.2. The van der Waals surface area contributed by atoms with Crippen molar-refractivity contribution in [3.05, 3.63) is 94.8 Å². The highest BCUT2D eigenvalue weighted by atomic mass is 35.5. The van der Waals surface area contributed by atoms with Crippen LogP contribution in [0.2, 0.25) is 5.02 Å². The number of carbonyl (C=O) groups excluding carboxylic acids is 2. The highest BCUT2D eigenvalue weighted by molar-refractivity contribution is 6.30. The highest BCUT2D eigenvalue weighted by Gasteiger charge is 2.35. The third-order valence-corrected chi connectivity index (χ3v) is 6.23. The van der Waals surface area contributed by atoms with Crippen molar-refractivity contribution in [1.29, 1.82) is 0 Å². The molecular formula is C25H26ClN3O2. The van der Waals surface area contributed by atoms with Gasteiger partial charge in [0.1, 0.15) is 6.04 Å². The van der Waals surface area contributed by atoms with Gasteiger partial charge in [-0.2, -0.15) is 0 Å². The molecule has 2 amide bonds. The van der Waals surface area contributed by atoms with E-state index in [-0.39, 0.29) is 17.7 Å². The van der Waals surface area contributed by atoms with Gasteiger partial charge in [-0.15, -0.1) is 0 Å². The number of fused-ring (bicyclic) bond motifs is 1. The molecule has 1 aliphatic rings. The zero-order chi connectivity index (χ0) is 21.8. The van der Waals surface area contributed by atoms with Crippen molar-refractivity contribution in [2.24, 2.45) is 0 Å². The van der Waals surface area contributed by atoms with E-state index in [0.717, 1.165) is 16.7 Å². The zero-order valence-corrected chi connectivity index (χ0v) is 18.3. The molecule has 4 rings (SSSR count). The SMILES string of the molecule is CNC(=O)[C@H]1Cc2ccccc2CN1C(=O)C[C@H](Cn1cccc1)c1ccc(Cl)cc1. The van der Waals surface area contributed by atoms with Crippen LogP contribution in [0.1, 0.15) is 29.0 Å². The molecule has 0 saturated heterocycles. The summed E-state index contributed by atoms with van der Waals surface area (Å²) in [6, 6.07) is 19.1. The van der Waals surface area contributed by atoms with Crippen molar-refractivity contribution < 1.29 is 9.59 Å². The Morgan fingerprint density at radius 3 is 2.39 bits per heavy atom. The number of hydrogen-bond acceptors (Lipinski definition) is 2. The van der Waals surface area contributed by atoms with Crippen molar-refractivity contribution in [3.8, 4) is 0 Å². The quantitative estimate of drug-likeness (QED) is 0.636. The van der Waals surface area contributed by atoms with E-state index in [1.54, 1.807) is 11.9 Å². The largest absolute Gasteiger partial charge is 0.357 e. The van der Waals surface area contributed by atoms with Gasteiger partial charge in [-0.1, -0.05) is 48.0 Å². The van der Waals surface area contributed by atoms with E-state index in [1.165, 1.54) is 0 Å². The van der Waals surface area contributed by atoms with E-state index in [2.05, 4.69) is 9.88 Å². The number of hydrogen-bond donors (Lipinski definition) is 1. The number of rotatable bonds is 6. The Hall–Kier alpha value is -3.05. The Balaban J connectivity index is 1.60. The van der Waals surface area contributed by atoms with Crippen LogP contribution in [0.25, 0.3) is 0 Å². The second kappa shape index (κ2) is 9.40. The molecule has 1 aromatic heterocycles. The number of halogens is 1. The summed E-state index contributed by atoms with van der Waals surface area (Å²) >= 11 is 6.08. The molecule has 31 heavy (non-hydrogen) atoms. The summed E-state index contributed by atoms with van der Waals surface area (Å²) in [5.74, 6) is -0.175. The number of amides is 2. The van der Waals surface area contributed by atoms with Crippen LogP contribution in [0.3, 0.4) is 0 Å². The molecule has 0 bridgehead atoms. The molecular weight excluding hydrogens is 410 g/mol. The molecule has 0 spiro atoms. The van der Waals surface area contributed by atoms with E-state index in [1.807, 2.05) is 73.1 Å². The molecule has 5 nitrogen and oxygen atoms in total. The summed E-state index contributed by atoms with van der Waals surface area (Å²) in [6.07, 6.45) is 4.84. The summed E-state index contributed by atoms with van der Waals surface area (Å²) in [6.45, 7) is 1.12. The number of carbonyl (C=O) groups is 2. The van der Waals surface area contributed by atoms with E-state index in [0.29, 0.717) is 31.0 Å². The van der Waals surface area contributed by atoms with Gasteiger partial charge in [0.05, 0.1) is 0 Å². The van der Waals surface area contributed by atoms with Gasteiger partial charge < -0.3 is 14.8 Å². The van der Waals surface area contributed by atoms with Crippen LogP contribution in [0.15, 0.2) is 73.1 Å². The van der Waals surface area contributed by atoms with Crippen LogP contribution < -0.4 is 5.32 Å². The summed E-state index contributed by atoms with van der Waals surface area (Å²) < 4.78 is 2.08. The average Bonchev–Trinajstić information content (AvgIpc) is 3.31. The molecule has 2 aromatic carbocycles. The first-order valence-electron chi connectivity index (χ1n) is 10.5. The van der Waals surface area contributed by atoms with Gasteiger partial charge >= 0.3 is 0 Å². The van der Waals surface area contributed by atoms with E-state index in [9.17, 15) is 9.59 Å². The van der Waals surface area contributed by atoms with Gasteiger partial charge in [-0.3, -0.25) is 9.59 Å². The molecule has 0 aliphatic carbocycles. The van der Waals surface area contributed by atoms with Gasteiger partial charge in [0.15, 0.2) is 0 Å². The number of likely N-dealkylation sites (N-methyl/N-ethyl adjacent to an activating group) is 1. The van der Waals surface area contributed by atoms with Crippen molar-refractivity contribution in [2.45, 2.75) is 37.9 Å². The fraction of sp³-hybridized carbons (Fsp3) is 0.280. The Morgan fingerprint density at radius 2 is 1.71 bits per heavy atom. The molecule has 160 valence electrons. The van der Waals surface area contributed by atoms with Crippen LogP contribution in [0.5, 0.6) is 0 Å². The smallest absolute Gasteiger partial charge is 0.242 e. The average molecular weight is 436 g/mol. The minimum atomic E-state index is -0.496. The lowest BCUT2D eigenvalue weighted by atomic mass is 9.90. The van der Waals surface area contributed by atoms with Crippen LogP contribution in [-0.2, 0) is 29.1 Å². The van der Waals surface area contributed by atoms with Crippen LogP contribution >= 0.6 is 11.6 Å². The van der Waals surface area contributed by atoms with Gasteiger partial charge in [0.2, 0.25) is 11.8 Å². The van der Waals surface area contributed by atoms with Gasteiger partial charge in [-0.25, -0.2) is 0 Å². The lowest BCUT2D eigenvalue weighted by Gasteiger charge is -2.36. The van der Waals surface area contributed by atoms with Crippen LogP contribution in [0, 0.1) is 0 Å². The zero-order valence-electron chi connectivity index (χ0n) is 17.5. The fourth-order valence-corrected chi connectivity index (χ4v) is 4.41. The maximum absolute atomic E-state index is 13.5. The molecule has 3 aromatic rings. The number of nitrogens with zero attached hydrogens (tertiary/aromatic N) is 2. The summed E-state index contributed by atoms with van der Waals surface area (Å²) in [4.78, 5) is 27.9. The molecule has 0 saturated carbocycles. The first-order valence-corrected chi connectivity index (χ1v) is 10.9. The monoisotopic (exact) mass is 435 g/mol.